The number of piperazine rings is 1. The van der Waals surface area contributed by atoms with E-state index >= 15 is 0 Å². The first-order chi connectivity index (χ1) is 12.0. The average molecular weight is 362 g/mol. The Kier molecular flexibility index (Phi) is 5.68. The first-order valence-corrected chi connectivity index (χ1v) is 8.66. The summed E-state index contributed by atoms with van der Waals surface area (Å²) >= 11 is 5.92. The molecule has 1 saturated heterocycles. The van der Waals surface area contributed by atoms with E-state index in [0.29, 0.717) is 5.69 Å². The largest absolute Gasteiger partial charge is 0.322 e. The number of halogens is 2. The molecule has 0 aromatic heterocycles. The second kappa shape index (κ2) is 7.95. The molecule has 1 fully saturated rings. The van der Waals surface area contributed by atoms with Crippen LogP contribution in [-0.2, 0) is 6.54 Å². The molecule has 0 unspecified atom stereocenters. The molecule has 0 saturated carbocycles. The molecule has 132 valence electrons. The molecule has 6 heteroatoms. The Morgan fingerprint density at radius 1 is 1.12 bits per heavy atom. The van der Waals surface area contributed by atoms with Gasteiger partial charge in [-0.1, -0.05) is 29.8 Å². The molecule has 0 aliphatic carbocycles. The van der Waals surface area contributed by atoms with Crippen molar-refractivity contribution in [1.29, 1.82) is 0 Å². The summed E-state index contributed by atoms with van der Waals surface area (Å²) in [6.45, 7) is 5.16. The minimum atomic E-state index is -0.628. The predicted molar refractivity (Wildman–Crippen MR) is 98.6 cm³/mol. The van der Waals surface area contributed by atoms with Crippen LogP contribution in [0.2, 0.25) is 5.02 Å². The highest BCUT2D eigenvalue weighted by molar-refractivity contribution is 6.34. The van der Waals surface area contributed by atoms with Crippen LogP contribution in [0.15, 0.2) is 42.5 Å². The van der Waals surface area contributed by atoms with Crippen LogP contribution in [0, 0.1) is 5.82 Å². The van der Waals surface area contributed by atoms with Gasteiger partial charge in [0.15, 0.2) is 0 Å². The quantitative estimate of drug-likeness (QED) is 0.905. The van der Waals surface area contributed by atoms with Crippen molar-refractivity contribution in [2.45, 2.75) is 6.54 Å². The van der Waals surface area contributed by atoms with Gasteiger partial charge in [0.25, 0.3) is 5.91 Å². The lowest BCUT2D eigenvalue weighted by atomic mass is 10.1. The van der Waals surface area contributed by atoms with Crippen molar-refractivity contribution in [3.63, 3.8) is 0 Å². The summed E-state index contributed by atoms with van der Waals surface area (Å²) in [5.74, 6) is -1.17. The van der Waals surface area contributed by atoms with Crippen LogP contribution >= 0.6 is 11.6 Å². The molecule has 2 aromatic carbocycles. The van der Waals surface area contributed by atoms with E-state index in [-0.39, 0.29) is 10.6 Å². The van der Waals surface area contributed by atoms with Gasteiger partial charge in [-0.05, 0) is 36.9 Å². The van der Waals surface area contributed by atoms with Crippen molar-refractivity contribution in [3.05, 3.63) is 64.4 Å². The minimum absolute atomic E-state index is 0.101. The highest BCUT2D eigenvalue weighted by Gasteiger charge is 2.16. The van der Waals surface area contributed by atoms with E-state index in [9.17, 15) is 9.18 Å². The van der Waals surface area contributed by atoms with E-state index in [0.717, 1.165) is 32.7 Å². The van der Waals surface area contributed by atoms with Gasteiger partial charge < -0.3 is 10.2 Å². The normalized spacial score (nSPS) is 16.0. The van der Waals surface area contributed by atoms with E-state index in [2.05, 4.69) is 22.2 Å². The highest BCUT2D eigenvalue weighted by Crippen LogP contribution is 2.21. The Morgan fingerprint density at radius 3 is 2.44 bits per heavy atom. The lowest BCUT2D eigenvalue weighted by molar-refractivity contribution is 0.102. The maximum atomic E-state index is 13.8. The van der Waals surface area contributed by atoms with Gasteiger partial charge in [0.2, 0.25) is 0 Å². The van der Waals surface area contributed by atoms with Crippen LogP contribution in [0.5, 0.6) is 0 Å². The number of hydrogen-bond donors (Lipinski definition) is 1. The lowest BCUT2D eigenvalue weighted by Crippen LogP contribution is -2.43. The third-order valence-corrected chi connectivity index (χ3v) is 4.72. The number of benzene rings is 2. The molecule has 2 aromatic rings. The molecule has 1 N–H and O–H groups in total. The fourth-order valence-electron chi connectivity index (χ4n) is 2.87. The van der Waals surface area contributed by atoms with E-state index < -0.39 is 11.7 Å². The van der Waals surface area contributed by atoms with Gasteiger partial charge in [-0.2, -0.15) is 0 Å². The highest BCUT2D eigenvalue weighted by atomic mass is 35.5. The van der Waals surface area contributed by atoms with E-state index in [1.807, 2.05) is 24.3 Å². The molecule has 0 bridgehead atoms. The zero-order chi connectivity index (χ0) is 17.8. The fraction of sp³-hybridized carbons (Fsp3) is 0.316. The third kappa shape index (κ3) is 4.57. The number of nitrogens with zero attached hydrogens (tertiary/aromatic N) is 2. The fourth-order valence-corrected chi connectivity index (χ4v) is 3.11. The van der Waals surface area contributed by atoms with E-state index in [1.165, 1.54) is 23.8 Å². The van der Waals surface area contributed by atoms with Gasteiger partial charge in [-0.3, -0.25) is 9.69 Å². The number of carbonyl (C=O) groups excluding carboxylic acids is 1. The Labute approximate surface area is 152 Å². The number of carbonyl (C=O) groups is 1. The molecule has 4 nitrogen and oxygen atoms in total. The zero-order valence-corrected chi connectivity index (χ0v) is 14.9. The Morgan fingerprint density at radius 2 is 1.80 bits per heavy atom. The third-order valence-electron chi connectivity index (χ3n) is 4.40. The molecular formula is C19H21ClFN3O. The van der Waals surface area contributed by atoms with Crippen LogP contribution in [-0.4, -0.2) is 48.9 Å². The summed E-state index contributed by atoms with van der Waals surface area (Å²) in [6.07, 6.45) is 0. The maximum Gasteiger partial charge on any atom is 0.260 e. The molecule has 0 spiro atoms. The smallest absolute Gasteiger partial charge is 0.260 e. The Hall–Kier alpha value is -1.95. The molecule has 1 aliphatic heterocycles. The van der Waals surface area contributed by atoms with Crippen molar-refractivity contribution in [1.82, 2.24) is 9.80 Å². The van der Waals surface area contributed by atoms with Gasteiger partial charge in [-0.25, -0.2) is 4.39 Å². The summed E-state index contributed by atoms with van der Waals surface area (Å²) in [4.78, 5) is 17.0. The number of anilines is 1. The minimum Gasteiger partial charge on any atom is -0.322 e. The number of likely N-dealkylation sites (N-methyl/N-ethyl adjacent to an activating group) is 1. The summed E-state index contributed by atoms with van der Waals surface area (Å²) in [5, 5.41) is 2.79. The summed E-state index contributed by atoms with van der Waals surface area (Å²) in [6, 6.07) is 11.8. The Balaban J connectivity index is 1.62. The van der Waals surface area contributed by atoms with Crippen molar-refractivity contribution >= 4 is 23.2 Å². The first-order valence-electron chi connectivity index (χ1n) is 8.28. The number of amides is 1. The zero-order valence-electron chi connectivity index (χ0n) is 14.1. The lowest BCUT2D eigenvalue weighted by Gasteiger charge is -2.32. The summed E-state index contributed by atoms with van der Waals surface area (Å²) in [5.41, 5.74) is 1.67. The topological polar surface area (TPSA) is 35.6 Å². The number of hydrogen-bond acceptors (Lipinski definition) is 3. The molecule has 3 rings (SSSR count). The maximum absolute atomic E-state index is 13.8. The predicted octanol–water partition coefficient (Wildman–Crippen LogP) is 3.48. The van der Waals surface area contributed by atoms with Crippen molar-refractivity contribution < 1.29 is 9.18 Å². The van der Waals surface area contributed by atoms with Crippen LogP contribution in [0.3, 0.4) is 0 Å². The first kappa shape index (κ1) is 17.9. The Bertz CT molecular complexity index is 723. The van der Waals surface area contributed by atoms with Crippen LogP contribution in [0.4, 0.5) is 10.1 Å². The second-order valence-corrected chi connectivity index (χ2v) is 6.73. The van der Waals surface area contributed by atoms with Gasteiger partial charge in [0, 0.05) is 38.4 Å². The van der Waals surface area contributed by atoms with Crippen molar-refractivity contribution in [3.8, 4) is 0 Å². The molecule has 0 radical (unpaired) electrons. The van der Waals surface area contributed by atoms with Crippen LogP contribution in [0.1, 0.15) is 15.9 Å². The van der Waals surface area contributed by atoms with Crippen LogP contribution in [0.25, 0.3) is 0 Å². The van der Waals surface area contributed by atoms with Crippen molar-refractivity contribution in [2.75, 3.05) is 38.5 Å². The van der Waals surface area contributed by atoms with E-state index in [4.69, 9.17) is 11.6 Å². The molecular weight excluding hydrogens is 341 g/mol. The van der Waals surface area contributed by atoms with Gasteiger partial charge in [-0.15, -0.1) is 0 Å². The summed E-state index contributed by atoms with van der Waals surface area (Å²) in [7, 11) is 2.14. The summed E-state index contributed by atoms with van der Waals surface area (Å²) < 4.78 is 13.8. The van der Waals surface area contributed by atoms with Gasteiger partial charge in [0.05, 0.1) is 10.6 Å². The standard InChI is InChI=1S/C19H21ClFN3O/c1-23-9-11-24(12-10-23)13-14-5-7-15(8-6-14)22-19(25)18-16(20)3-2-4-17(18)21/h2-8H,9-13H2,1H3,(H,22,25). The van der Waals surface area contributed by atoms with E-state index in [1.54, 1.807) is 0 Å². The second-order valence-electron chi connectivity index (χ2n) is 6.33. The number of rotatable bonds is 4. The average Bonchev–Trinajstić information content (AvgIpc) is 2.58. The van der Waals surface area contributed by atoms with Crippen molar-refractivity contribution in [2.24, 2.45) is 0 Å². The monoisotopic (exact) mass is 361 g/mol. The van der Waals surface area contributed by atoms with Gasteiger partial charge in [0.1, 0.15) is 5.82 Å². The molecule has 1 amide bonds. The molecule has 1 aliphatic rings. The molecule has 0 atom stereocenters. The molecule has 1 heterocycles. The molecule has 25 heavy (non-hydrogen) atoms. The SMILES string of the molecule is CN1CCN(Cc2ccc(NC(=O)c3c(F)cccc3Cl)cc2)CC1. The number of nitrogens with one attached hydrogen (secondary N) is 1. The van der Waals surface area contributed by atoms with Gasteiger partial charge >= 0.3 is 0 Å². The van der Waals surface area contributed by atoms with Crippen LogP contribution < -0.4 is 5.32 Å².